The fraction of sp³-hybridized carbons (Fsp3) is 0.211. The number of thioether (sulfide) groups is 1. The third-order valence-electron chi connectivity index (χ3n) is 3.95. The monoisotopic (exact) mass is 419 g/mol. The summed E-state index contributed by atoms with van der Waals surface area (Å²) in [6, 6.07) is 13.5. The van der Waals surface area contributed by atoms with Crippen molar-refractivity contribution >= 4 is 23.4 Å². The second kappa shape index (κ2) is 9.37. The molecule has 0 aliphatic rings. The van der Waals surface area contributed by atoms with Gasteiger partial charge >= 0.3 is 6.61 Å². The minimum Gasteiger partial charge on any atom is -0.435 e. The number of rotatable bonds is 8. The molecule has 0 saturated heterocycles. The third kappa shape index (κ3) is 5.44. The summed E-state index contributed by atoms with van der Waals surface area (Å²) in [5.41, 5.74) is 2.44. The quantitative estimate of drug-likeness (QED) is 0.428. The van der Waals surface area contributed by atoms with E-state index < -0.39 is 6.61 Å². The highest BCUT2D eigenvalue weighted by molar-refractivity contribution is 7.99. The molecule has 0 spiro atoms. The Morgan fingerprint density at radius 3 is 2.69 bits per heavy atom. The average Bonchev–Trinajstić information content (AvgIpc) is 3.07. The SMILES string of the molecule is CCc1cccc(NC(=O)CSc2nnc(-c3ccc(OC(F)F)cc3)n2N)c1. The molecule has 0 unspecified atom stereocenters. The molecule has 0 bridgehead atoms. The molecular weight excluding hydrogens is 400 g/mol. The van der Waals surface area contributed by atoms with Crippen LogP contribution >= 0.6 is 11.8 Å². The lowest BCUT2D eigenvalue weighted by Crippen LogP contribution is -2.16. The number of ether oxygens (including phenoxy) is 1. The van der Waals surface area contributed by atoms with Gasteiger partial charge in [0.05, 0.1) is 5.75 Å². The first-order chi connectivity index (χ1) is 14.0. The Bertz CT molecular complexity index is 979. The number of hydrogen-bond acceptors (Lipinski definition) is 6. The fourth-order valence-electron chi connectivity index (χ4n) is 2.55. The summed E-state index contributed by atoms with van der Waals surface area (Å²) in [7, 11) is 0. The van der Waals surface area contributed by atoms with Crippen LogP contribution in [-0.2, 0) is 11.2 Å². The summed E-state index contributed by atoms with van der Waals surface area (Å²) in [6.07, 6.45) is 0.882. The lowest BCUT2D eigenvalue weighted by Gasteiger charge is -2.07. The van der Waals surface area contributed by atoms with Crippen LogP contribution in [0.15, 0.2) is 53.7 Å². The largest absolute Gasteiger partial charge is 0.435 e. The smallest absolute Gasteiger partial charge is 0.387 e. The zero-order valence-electron chi connectivity index (χ0n) is 15.5. The third-order valence-corrected chi connectivity index (χ3v) is 4.90. The molecule has 1 aromatic heterocycles. The summed E-state index contributed by atoms with van der Waals surface area (Å²) >= 11 is 1.14. The van der Waals surface area contributed by atoms with E-state index in [-0.39, 0.29) is 17.4 Å². The van der Waals surface area contributed by atoms with E-state index in [9.17, 15) is 13.6 Å². The fourth-order valence-corrected chi connectivity index (χ4v) is 3.21. The van der Waals surface area contributed by atoms with Crippen molar-refractivity contribution in [2.75, 3.05) is 16.9 Å². The zero-order chi connectivity index (χ0) is 20.8. The molecule has 0 atom stereocenters. The van der Waals surface area contributed by atoms with Gasteiger partial charge in [-0.3, -0.25) is 4.79 Å². The molecule has 2 aromatic carbocycles. The number of nitrogens with one attached hydrogen (secondary N) is 1. The molecule has 0 radical (unpaired) electrons. The first kappa shape index (κ1) is 20.6. The van der Waals surface area contributed by atoms with Crippen molar-refractivity contribution < 1.29 is 18.3 Å². The van der Waals surface area contributed by atoms with Crippen LogP contribution in [0.3, 0.4) is 0 Å². The molecule has 3 rings (SSSR count). The van der Waals surface area contributed by atoms with Crippen LogP contribution in [0.1, 0.15) is 12.5 Å². The van der Waals surface area contributed by atoms with E-state index in [1.807, 2.05) is 31.2 Å². The number of aryl methyl sites for hydroxylation is 1. The lowest BCUT2D eigenvalue weighted by molar-refractivity contribution is -0.113. The van der Waals surface area contributed by atoms with E-state index in [0.717, 1.165) is 29.4 Å². The van der Waals surface area contributed by atoms with E-state index >= 15 is 0 Å². The van der Waals surface area contributed by atoms with Crippen molar-refractivity contribution in [3.8, 4) is 17.1 Å². The van der Waals surface area contributed by atoms with E-state index in [2.05, 4.69) is 20.3 Å². The molecule has 3 aromatic rings. The van der Waals surface area contributed by atoms with Gasteiger partial charge < -0.3 is 15.9 Å². The van der Waals surface area contributed by atoms with Gasteiger partial charge in [0.1, 0.15) is 5.75 Å². The van der Waals surface area contributed by atoms with E-state index in [4.69, 9.17) is 5.84 Å². The number of halogens is 2. The number of benzene rings is 2. The molecule has 0 aliphatic carbocycles. The molecular formula is C19H19F2N5O2S. The Hall–Kier alpha value is -3.14. The van der Waals surface area contributed by atoms with Crippen LogP contribution in [0.5, 0.6) is 5.75 Å². The number of carbonyl (C=O) groups is 1. The van der Waals surface area contributed by atoms with E-state index in [0.29, 0.717) is 16.5 Å². The maximum Gasteiger partial charge on any atom is 0.387 e. The van der Waals surface area contributed by atoms with Crippen LogP contribution < -0.4 is 15.9 Å². The number of anilines is 1. The highest BCUT2D eigenvalue weighted by Gasteiger charge is 2.14. The standard InChI is InChI=1S/C19H19F2N5O2S/c1-2-12-4-3-5-14(10-12)23-16(27)11-29-19-25-24-17(26(19)22)13-6-8-15(9-7-13)28-18(20)21/h3-10,18H,2,11,22H2,1H3,(H,23,27). The minimum absolute atomic E-state index is 0.0326. The topological polar surface area (TPSA) is 95.1 Å². The summed E-state index contributed by atoms with van der Waals surface area (Å²) in [5, 5.41) is 11.2. The van der Waals surface area contributed by atoms with Crippen molar-refractivity contribution in [3.05, 3.63) is 54.1 Å². The Morgan fingerprint density at radius 1 is 1.24 bits per heavy atom. The first-order valence-electron chi connectivity index (χ1n) is 8.73. The van der Waals surface area contributed by atoms with Gasteiger partial charge in [0.25, 0.3) is 0 Å². The first-order valence-corrected chi connectivity index (χ1v) is 9.72. The van der Waals surface area contributed by atoms with Gasteiger partial charge in [0.2, 0.25) is 11.1 Å². The summed E-state index contributed by atoms with van der Waals surface area (Å²) in [5.74, 6) is 6.30. The van der Waals surface area contributed by atoms with E-state index in [1.165, 1.54) is 16.8 Å². The Balaban J connectivity index is 1.61. The summed E-state index contributed by atoms with van der Waals surface area (Å²) < 4.78 is 30.0. The van der Waals surface area contributed by atoms with Crippen molar-refractivity contribution in [1.82, 2.24) is 14.9 Å². The molecule has 3 N–H and O–H groups in total. The minimum atomic E-state index is -2.89. The molecule has 1 amide bonds. The van der Waals surface area contributed by atoms with Crippen molar-refractivity contribution in [2.24, 2.45) is 0 Å². The molecule has 29 heavy (non-hydrogen) atoms. The Labute approximate surface area is 170 Å². The number of nitrogen functional groups attached to an aromatic ring is 1. The number of amides is 1. The van der Waals surface area contributed by atoms with Gasteiger partial charge in [0.15, 0.2) is 5.82 Å². The van der Waals surface area contributed by atoms with Crippen molar-refractivity contribution in [3.63, 3.8) is 0 Å². The average molecular weight is 419 g/mol. The number of nitrogens with zero attached hydrogens (tertiary/aromatic N) is 3. The number of aromatic nitrogens is 3. The molecule has 152 valence electrons. The van der Waals surface area contributed by atoms with Gasteiger partial charge in [-0.15, -0.1) is 10.2 Å². The van der Waals surface area contributed by atoms with Crippen molar-refractivity contribution in [1.29, 1.82) is 0 Å². The normalized spacial score (nSPS) is 10.9. The second-order valence-corrected chi connectivity index (χ2v) is 6.91. The predicted molar refractivity (Wildman–Crippen MR) is 107 cm³/mol. The van der Waals surface area contributed by atoms with Gasteiger partial charge in [-0.05, 0) is 48.4 Å². The van der Waals surface area contributed by atoms with Gasteiger partial charge in [-0.1, -0.05) is 30.8 Å². The molecule has 0 saturated carbocycles. The van der Waals surface area contributed by atoms with Crippen LogP contribution in [0.4, 0.5) is 14.5 Å². The van der Waals surface area contributed by atoms with Crippen LogP contribution in [0.25, 0.3) is 11.4 Å². The van der Waals surface area contributed by atoms with Gasteiger partial charge in [-0.25, -0.2) is 4.68 Å². The summed E-state index contributed by atoms with van der Waals surface area (Å²) in [6.45, 7) is -0.848. The molecule has 0 aliphatic heterocycles. The number of hydrogen-bond donors (Lipinski definition) is 2. The van der Waals surface area contributed by atoms with Crippen LogP contribution in [0, 0.1) is 0 Å². The lowest BCUT2D eigenvalue weighted by atomic mass is 10.1. The molecule has 0 fully saturated rings. The van der Waals surface area contributed by atoms with Crippen molar-refractivity contribution in [2.45, 2.75) is 25.1 Å². The number of alkyl halides is 2. The van der Waals surface area contributed by atoms with Gasteiger partial charge in [0, 0.05) is 11.3 Å². The van der Waals surface area contributed by atoms with Crippen LogP contribution in [0.2, 0.25) is 0 Å². The summed E-state index contributed by atoms with van der Waals surface area (Å²) in [4.78, 5) is 12.2. The predicted octanol–water partition coefficient (Wildman–Crippen LogP) is 3.55. The Morgan fingerprint density at radius 2 is 2.00 bits per heavy atom. The maximum absolute atomic E-state index is 12.2. The number of nitrogens with two attached hydrogens (primary N) is 1. The zero-order valence-corrected chi connectivity index (χ0v) is 16.3. The highest BCUT2D eigenvalue weighted by Crippen LogP contribution is 2.24. The second-order valence-electron chi connectivity index (χ2n) is 5.97. The molecule has 10 heteroatoms. The van der Waals surface area contributed by atoms with Gasteiger partial charge in [-0.2, -0.15) is 8.78 Å². The Kier molecular flexibility index (Phi) is 6.65. The molecule has 1 heterocycles. The van der Waals surface area contributed by atoms with Crippen LogP contribution in [-0.4, -0.2) is 33.1 Å². The maximum atomic E-state index is 12.2. The molecule has 7 nitrogen and oxygen atoms in total. The number of carbonyl (C=O) groups excluding carboxylic acids is 1. The van der Waals surface area contributed by atoms with E-state index in [1.54, 1.807) is 12.1 Å². The highest BCUT2D eigenvalue weighted by atomic mass is 32.2.